The van der Waals surface area contributed by atoms with E-state index in [1.807, 2.05) is 11.8 Å². The van der Waals surface area contributed by atoms with E-state index in [9.17, 15) is 0 Å². The molecule has 0 spiro atoms. The number of aliphatic imine (C=N–C) groups is 1. The molecule has 4 heteroatoms. The van der Waals surface area contributed by atoms with Crippen LogP contribution in [0.4, 0.5) is 5.69 Å². The van der Waals surface area contributed by atoms with Crippen molar-refractivity contribution in [2.24, 2.45) is 10.9 Å². The zero-order chi connectivity index (χ0) is 12.4. The number of amidine groups is 1. The second-order valence-corrected chi connectivity index (χ2v) is 6.77. The van der Waals surface area contributed by atoms with Gasteiger partial charge in [0.05, 0.1) is 6.54 Å². The summed E-state index contributed by atoms with van der Waals surface area (Å²) in [6, 6.07) is 6.25. The molecule has 1 atom stereocenters. The van der Waals surface area contributed by atoms with Crippen molar-refractivity contribution in [1.29, 1.82) is 0 Å². The Balaban J connectivity index is 2.03. The third-order valence-electron chi connectivity index (χ3n) is 2.85. The van der Waals surface area contributed by atoms with E-state index >= 15 is 0 Å². The van der Waals surface area contributed by atoms with Crippen molar-refractivity contribution in [3.63, 3.8) is 0 Å². The summed E-state index contributed by atoms with van der Waals surface area (Å²) in [6.07, 6.45) is 0. The Hall–Kier alpha value is -0.480. The molecule has 2 nitrogen and oxygen atoms in total. The predicted octanol–water partition coefficient (Wildman–Crippen LogP) is 4.30. The summed E-state index contributed by atoms with van der Waals surface area (Å²) in [4.78, 5) is 4.55. The molecule has 0 saturated carbocycles. The van der Waals surface area contributed by atoms with Crippen molar-refractivity contribution in [1.82, 2.24) is 0 Å². The first-order valence-corrected chi connectivity index (χ1v) is 7.48. The first kappa shape index (κ1) is 13.0. The Bertz CT molecular complexity index is 443. The molecule has 17 heavy (non-hydrogen) atoms. The van der Waals surface area contributed by atoms with Gasteiger partial charge in [-0.2, -0.15) is 0 Å². The lowest BCUT2D eigenvalue weighted by atomic mass is 10.1. The van der Waals surface area contributed by atoms with Gasteiger partial charge in [-0.15, -0.1) is 0 Å². The lowest BCUT2D eigenvalue weighted by molar-refractivity contribution is 0.621. The average Bonchev–Trinajstić information content (AvgIpc) is 2.71. The highest BCUT2D eigenvalue weighted by molar-refractivity contribution is 9.10. The maximum absolute atomic E-state index is 4.55. The van der Waals surface area contributed by atoms with Crippen molar-refractivity contribution in [3.8, 4) is 0 Å². The van der Waals surface area contributed by atoms with Crippen LogP contribution in [0.5, 0.6) is 0 Å². The van der Waals surface area contributed by atoms with Gasteiger partial charge in [0, 0.05) is 15.4 Å². The van der Waals surface area contributed by atoms with Gasteiger partial charge in [-0.1, -0.05) is 41.5 Å². The summed E-state index contributed by atoms with van der Waals surface area (Å²) in [5.41, 5.74) is 2.37. The summed E-state index contributed by atoms with van der Waals surface area (Å²) in [5, 5.41) is 5.08. The smallest absolute Gasteiger partial charge is 0.161 e. The Morgan fingerprint density at radius 3 is 2.82 bits per heavy atom. The van der Waals surface area contributed by atoms with Crippen LogP contribution < -0.4 is 5.32 Å². The Morgan fingerprint density at radius 1 is 1.47 bits per heavy atom. The van der Waals surface area contributed by atoms with Crippen molar-refractivity contribution >= 4 is 38.5 Å². The van der Waals surface area contributed by atoms with Crippen LogP contribution >= 0.6 is 27.7 Å². The van der Waals surface area contributed by atoms with Crippen molar-refractivity contribution < 1.29 is 0 Å². The van der Waals surface area contributed by atoms with E-state index in [1.54, 1.807) is 0 Å². The number of hydrogen-bond donors (Lipinski definition) is 1. The van der Waals surface area contributed by atoms with Gasteiger partial charge in [0.25, 0.3) is 0 Å². The van der Waals surface area contributed by atoms with Crippen LogP contribution in [0.1, 0.15) is 19.4 Å². The molecule has 0 aliphatic carbocycles. The molecule has 1 heterocycles. The zero-order valence-electron chi connectivity index (χ0n) is 10.3. The van der Waals surface area contributed by atoms with Gasteiger partial charge in [0.15, 0.2) is 5.17 Å². The molecule has 0 saturated heterocycles. The topological polar surface area (TPSA) is 24.4 Å². The number of thioether (sulfide) groups is 1. The summed E-state index contributed by atoms with van der Waals surface area (Å²) in [5.74, 6) is 0.675. The maximum Gasteiger partial charge on any atom is 0.161 e. The molecular formula is C13H17BrN2S. The zero-order valence-corrected chi connectivity index (χ0v) is 12.7. The Kier molecular flexibility index (Phi) is 4.15. The van der Waals surface area contributed by atoms with E-state index < -0.39 is 0 Å². The second-order valence-electron chi connectivity index (χ2n) is 4.63. The summed E-state index contributed by atoms with van der Waals surface area (Å²) >= 11 is 5.33. The van der Waals surface area contributed by atoms with Gasteiger partial charge in [-0.05, 0) is 36.6 Å². The SMILES string of the molecule is Cc1cc(Br)ccc1NC1=NCC(C(C)C)S1. The van der Waals surface area contributed by atoms with Crippen LogP contribution in [-0.4, -0.2) is 17.0 Å². The fourth-order valence-electron chi connectivity index (χ4n) is 1.69. The van der Waals surface area contributed by atoms with Crippen molar-refractivity contribution in [3.05, 3.63) is 28.2 Å². The molecule has 0 radical (unpaired) electrons. The van der Waals surface area contributed by atoms with Gasteiger partial charge >= 0.3 is 0 Å². The van der Waals surface area contributed by atoms with Gasteiger partial charge < -0.3 is 5.32 Å². The predicted molar refractivity (Wildman–Crippen MR) is 81.0 cm³/mol. The first-order chi connectivity index (χ1) is 8.06. The molecule has 0 fully saturated rings. The number of hydrogen-bond acceptors (Lipinski definition) is 3. The van der Waals surface area contributed by atoms with Crippen molar-refractivity contribution in [2.75, 3.05) is 11.9 Å². The van der Waals surface area contributed by atoms with Crippen LogP contribution in [0.2, 0.25) is 0 Å². The standard InChI is InChI=1S/C13H17BrN2S/c1-8(2)12-7-15-13(17-12)16-11-5-4-10(14)6-9(11)3/h4-6,8,12H,7H2,1-3H3,(H,15,16). The van der Waals surface area contributed by atoms with Crippen LogP contribution in [-0.2, 0) is 0 Å². The van der Waals surface area contributed by atoms with Crippen LogP contribution in [0.3, 0.4) is 0 Å². The molecule has 1 aliphatic rings. The third-order valence-corrected chi connectivity index (χ3v) is 4.80. The number of anilines is 1. The molecule has 2 rings (SSSR count). The number of nitrogens with one attached hydrogen (secondary N) is 1. The van der Waals surface area contributed by atoms with E-state index in [0.29, 0.717) is 11.2 Å². The first-order valence-electron chi connectivity index (χ1n) is 5.80. The van der Waals surface area contributed by atoms with Crippen molar-refractivity contribution in [2.45, 2.75) is 26.0 Å². The van der Waals surface area contributed by atoms with E-state index in [1.165, 1.54) is 5.56 Å². The summed E-state index contributed by atoms with van der Waals surface area (Å²) < 4.78 is 1.11. The highest BCUT2D eigenvalue weighted by atomic mass is 79.9. The number of benzene rings is 1. The van der Waals surface area contributed by atoms with Crippen LogP contribution in [0, 0.1) is 12.8 Å². The second kappa shape index (κ2) is 5.44. The van der Waals surface area contributed by atoms with E-state index in [-0.39, 0.29) is 0 Å². The minimum atomic E-state index is 0.619. The van der Waals surface area contributed by atoms with Gasteiger partial charge in [-0.25, -0.2) is 0 Å². The minimum Gasteiger partial charge on any atom is -0.335 e. The molecular weight excluding hydrogens is 296 g/mol. The summed E-state index contributed by atoms with van der Waals surface area (Å²) in [6.45, 7) is 7.54. The summed E-state index contributed by atoms with van der Waals surface area (Å²) in [7, 11) is 0. The van der Waals surface area contributed by atoms with Gasteiger partial charge in [-0.3, -0.25) is 4.99 Å². The molecule has 92 valence electrons. The number of halogens is 1. The highest BCUT2D eigenvalue weighted by Gasteiger charge is 2.22. The maximum atomic E-state index is 4.55. The fraction of sp³-hybridized carbons (Fsp3) is 0.462. The molecule has 0 amide bonds. The number of nitrogens with zero attached hydrogens (tertiary/aromatic N) is 1. The molecule has 1 unspecified atom stereocenters. The normalized spacial score (nSPS) is 19.6. The average molecular weight is 313 g/mol. The van der Waals surface area contributed by atoms with E-state index in [4.69, 9.17) is 0 Å². The van der Waals surface area contributed by atoms with Gasteiger partial charge in [0.1, 0.15) is 0 Å². The largest absolute Gasteiger partial charge is 0.335 e. The molecule has 0 bridgehead atoms. The third kappa shape index (κ3) is 3.26. The fourth-order valence-corrected chi connectivity index (χ4v) is 3.19. The van der Waals surface area contributed by atoms with E-state index in [0.717, 1.165) is 21.9 Å². The van der Waals surface area contributed by atoms with Gasteiger partial charge in [0.2, 0.25) is 0 Å². The molecule has 1 aromatic carbocycles. The van der Waals surface area contributed by atoms with Crippen LogP contribution in [0.15, 0.2) is 27.7 Å². The Labute approximate surface area is 115 Å². The Morgan fingerprint density at radius 2 is 2.24 bits per heavy atom. The quantitative estimate of drug-likeness (QED) is 0.880. The minimum absolute atomic E-state index is 0.619. The monoisotopic (exact) mass is 312 g/mol. The lowest BCUT2D eigenvalue weighted by Crippen LogP contribution is -2.13. The molecule has 1 aliphatic heterocycles. The van der Waals surface area contributed by atoms with Crippen LogP contribution in [0.25, 0.3) is 0 Å². The molecule has 0 aromatic heterocycles. The lowest BCUT2D eigenvalue weighted by Gasteiger charge is -2.13. The molecule has 1 aromatic rings. The van der Waals surface area contributed by atoms with E-state index in [2.05, 4.69) is 65.2 Å². The molecule has 1 N–H and O–H groups in total. The number of rotatable bonds is 2. The highest BCUT2D eigenvalue weighted by Crippen LogP contribution is 2.29. The number of aryl methyl sites for hydroxylation is 1.